The number of nitrogens with one attached hydrogen (secondary N) is 1. The predicted octanol–water partition coefficient (Wildman–Crippen LogP) is 4.02. The van der Waals surface area contributed by atoms with Gasteiger partial charge in [0.2, 0.25) is 0 Å². The van der Waals surface area contributed by atoms with Crippen molar-refractivity contribution in [3.63, 3.8) is 0 Å². The quantitative estimate of drug-likeness (QED) is 0.836. The first kappa shape index (κ1) is 16.3. The molecule has 0 radical (unpaired) electrons. The van der Waals surface area contributed by atoms with Gasteiger partial charge >= 0.3 is 0 Å². The van der Waals surface area contributed by atoms with Crippen LogP contribution in [0.25, 0.3) is 0 Å². The number of hydrogen-bond donors (Lipinski definition) is 2. The number of para-hydroxylation sites is 1. The van der Waals surface area contributed by atoms with E-state index >= 15 is 0 Å². The summed E-state index contributed by atoms with van der Waals surface area (Å²) in [6, 6.07) is 17.7. The van der Waals surface area contributed by atoms with E-state index in [1.165, 1.54) is 5.56 Å². The SMILES string of the molecule is C[C@H](NC(=S)N(C)[C@H](C)c1ccccc1O)c1ccccc1. The lowest BCUT2D eigenvalue weighted by Gasteiger charge is -2.30. The van der Waals surface area contributed by atoms with Gasteiger partial charge in [0.05, 0.1) is 12.1 Å². The van der Waals surface area contributed by atoms with Crippen LogP contribution >= 0.6 is 12.2 Å². The molecule has 0 heterocycles. The van der Waals surface area contributed by atoms with Gasteiger partial charge in [0.1, 0.15) is 5.75 Å². The normalized spacial score (nSPS) is 13.2. The summed E-state index contributed by atoms with van der Waals surface area (Å²) in [5.74, 6) is 0.292. The van der Waals surface area contributed by atoms with Crippen LogP contribution in [0, 0.1) is 0 Å². The number of hydrogen-bond acceptors (Lipinski definition) is 2. The van der Waals surface area contributed by atoms with Gasteiger partial charge in [0.25, 0.3) is 0 Å². The Kier molecular flexibility index (Phi) is 5.39. The fourth-order valence-corrected chi connectivity index (χ4v) is 2.67. The largest absolute Gasteiger partial charge is 0.508 e. The van der Waals surface area contributed by atoms with Gasteiger partial charge in [0, 0.05) is 12.6 Å². The molecule has 0 aliphatic carbocycles. The van der Waals surface area contributed by atoms with Gasteiger partial charge < -0.3 is 15.3 Å². The molecule has 0 aliphatic rings. The monoisotopic (exact) mass is 314 g/mol. The summed E-state index contributed by atoms with van der Waals surface area (Å²) in [4.78, 5) is 1.96. The topological polar surface area (TPSA) is 35.5 Å². The van der Waals surface area contributed by atoms with Gasteiger partial charge in [-0.3, -0.25) is 0 Å². The highest BCUT2D eigenvalue weighted by Crippen LogP contribution is 2.27. The number of thiocarbonyl (C=S) groups is 1. The third kappa shape index (κ3) is 3.77. The highest BCUT2D eigenvalue weighted by atomic mass is 32.1. The Morgan fingerprint density at radius 2 is 1.64 bits per heavy atom. The molecule has 0 bridgehead atoms. The molecule has 0 saturated heterocycles. The van der Waals surface area contributed by atoms with Gasteiger partial charge in [0.15, 0.2) is 5.11 Å². The van der Waals surface area contributed by atoms with Crippen LogP contribution in [0.3, 0.4) is 0 Å². The molecule has 0 spiro atoms. The molecule has 0 fully saturated rings. The zero-order valence-corrected chi connectivity index (χ0v) is 14.0. The predicted molar refractivity (Wildman–Crippen MR) is 94.9 cm³/mol. The molecule has 3 nitrogen and oxygen atoms in total. The third-order valence-corrected chi connectivity index (χ3v) is 4.33. The van der Waals surface area contributed by atoms with Crippen LogP contribution in [0.4, 0.5) is 0 Å². The maximum Gasteiger partial charge on any atom is 0.169 e. The molecule has 0 aliphatic heterocycles. The second-order valence-electron chi connectivity index (χ2n) is 5.43. The average molecular weight is 314 g/mol. The second-order valence-corrected chi connectivity index (χ2v) is 5.81. The molecule has 2 aromatic rings. The summed E-state index contributed by atoms with van der Waals surface area (Å²) in [5.41, 5.74) is 2.05. The lowest BCUT2D eigenvalue weighted by molar-refractivity contribution is 0.372. The summed E-state index contributed by atoms with van der Waals surface area (Å²) < 4.78 is 0. The lowest BCUT2D eigenvalue weighted by atomic mass is 10.1. The minimum Gasteiger partial charge on any atom is -0.508 e. The maximum atomic E-state index is 9.98. The van der Waals surface area contributed by atoms with Gasteiger partial charge in [-0.1, -0.05) is 48.5 Å². The first-order valence-corrected chi connectivity index (χ1v) is 7.77. The third-order valence-electron chi connectivity index (χ3n) is 3.93. The Morgan fingerprint density at radius 3 is 2.27 bits per heavy atom. The van der Waals surface area contributed by atoms with Gasteiger partial charge in [-0.2, -0.15) is 0 Å². The molecule has 2 aromatic carbocycles. The molecule has 116 valence electrons. The van der Waals surface area contributed by atoms with E-state index in [9.17, 15) is 5.11 Å². The molecule has 0 aromatic heterocycles. The van der Waals surface area contributed by atoms with Crippen LogP contribution in [0.2, 0.25) is 0 Å². The molecule has 2 rings (SSSR count). The van der Waals surface area contributed by atoms with Crippen molar-refractivity contribution in [2.75, 3.05) is 7.05 Å². The van der Waals surface area contributed by atoms with Gasteiger partial charge in [-0.15, -0.1) is 0 Å². The molecule has 22 heavy (non-hydrogen) atoms. The molecular weight excluding hydrogens is 292 g/mol. The van der Waals surface area contributed by atoms with E-state index in [4.69, 9.17) is 12.2 Å². The van der Waals surface area contributed by atoms with Crippen molar-refractivity contribution in [3.05, 3.63) is 65.7 Å². The Bertz CT molecular complexity index is 630. The van der Waals surface area contributed by atoms with Crippen LogP contribution in [0.1, 0.15) is 37.1 Å². The van der Waals surface area contributed by atoms with Crippen molar-refractivity contribution in [1.29, 1.82) is 0 Å². The van der Waals surface area contributed by atoms with E-state index in [0.717, 1.165) is 5.56 Å². The zero-order chi connectivity index (χ0) is 16.1. The summed E-state index contributed by atoms with van der Waals surface area (Å²) in [6.07, 6.45) is 0. The van der Waals surface area contributed by atoms with Crippen molar-refractivity contribution in [2.24, 2.45) is 0 Å². The Hall–Kier alpha value is -2.07. The first-order valence-electron chi connectivity index (χ1n) is 7.37. The average Bonchev–Trinajstić information content (AvgIpc) is 2.54. The molecule has 2 N–H and O–H groups in total. The lowest BCUT2D eigenvalue weighted by Crippen LogP contribution is -2.39. The van der Waals surface area contributed by atoms with Crippen molar-refractivity contribution in [2.45, 2.75) is 25.9 Å². The van der Waals surface area contributed by atoms with Crippen molar-refractivity contribution >= 4 is 17.3 Å². The zero-order valence-electron chi connectivity index (χ0n) is 13.2. The molecule has 2 atom stereocenters. The summed E-state index contributed by atoms with van der Waals surface area (Å²) in [6.45, 7) is 4.11. The fraction of sp³-hybridized carbons (Fsp3) is 0.278. The summed E-state index contributed by atoms with van der Waals surface area (Å²) >= 11 is 5.51. The number of rotatable bonds is 4. The van der Waals surface area contributed by atoms with Crippen molar-refractivity contribution in [1.82, 2.24) is 10.2 Å². The molecule has 0 unspecified atom stereocenters. The summed E-state index contributed by atoms with van der Waals surface area (Å²) in [7, 11) is 1.93. The number of phenols is 1. The fourth-order valence-electron chi connectivity index (χ4n) is 2.34. The number of phenolic OH excluding ortho intramolecular Hbond substituents is 1. The molecule has 0 saturated carbocycles. The van der Waals surface area contributed by atoms with Crippen molar-refractivity contribution in [3.8, 4) is 5.75 Å². The van der Waals surface area contributed by atoms with E-state index in [1.54, 1.807) is 6.07 Å². The maximum absolute atomic E-state index is 9.98. The van der Waals surface area contributed by atoms with E-state index in [0.29, 0.717) is 10.9 Å². The Labute approximate surface area is 137 Å². The highest BCUT2D eigenvalue weighted by molar-refractivity contribution is 7.80. The Morgan fingerprint density at radius 1 is 1.05 bits per heavy atom. The van der Waals surface area contributed by atoms with Gasteiger partial charge in [-0.05, 0) is 37.7 Å². The highest BCUT2D eigenvalue weighted by Gasteiger charge is 2.18. The first-order chi connectivity index (χ1) is 10.5. The minimum absolute atomic E-state index is 0.0100. The van der Waals surface area contributed by atoms with Crippen LogP contribution < -0.4 is 5.32 Å². The van der Waals surface area contributed by atoms with Gasteiger partial charge in [-0.25, -0.2) is 0 Å². The number of nitrogens with zero attached hydrogens (tertiary/aromatic N) is 1. The van der Waals surface area contributed by atoms with Crippen LogP contribution in [0.5, 0.6) is 5.75 Å². The van der Waals surface area contributed by atoms with E-state index in [1.807, 2.05) is 55.3 Å². The summed E-state index contributed by atoms with van der Waals surface area (Å²) in [5, 5.41) is 14.0. The Balaban J connectivity index is 2.04. The van der Waals surface area contributed by atoms with E-state index in [2.05, 4.69) is 24.4 Å². The minimum atomic E-state index is -0.0100. The van der Waals surface area contributed by atoms with Crippen molar-refractivity contribution < 1.29 is 5.11 Å². The molecule has 4 heteroatoms. The second kappa shape index (κ2) is 7.27. The number of aromatic hydroxyl groups is 1. The van der Waals surface area contributed by atoms with Crippen LogP contribution in [0.15, 0.2) is 54.6 Å². The number of benzene rings is 2. The van der Waals surface area contributed by atoms with Crippen LogP contribution in [-0.2, 0) is 0 Å². The van der Waals surface area contributed by atoms with E-state index < -0.39 is 0 Å². The van der Waals surface area contributed by atoms with E-state index in [-0.39, 0.29) is 12.1 Å². The smallest absolute Gasteiger partial charge is 0.169 e. The standard InChI is InChI=1S/C18H22N2OS/c1-13(15-9-5-4-6-10-15)19-18(22)20(3)14(2)16-11-7-8-12-17(16)21/h4-14,21H,1-3H3,(H,19,22)/t13-,14+/m0/s1. The van der Waals surface area contributed by atoms with Crippen LogP contribution in [-0.4, -0.2) is 22.2 Å². The molecular formula is C18H22N2OS. The molecule has 0 amide bonds.